The molecule has 0 radical (unpaired) electrons. The fraction of sp³-hybridized carbons (Fsp3) is 0.513. The van der Waals surface area contributed by atoms with Gasteiger partial charge in [0, 0.05) is 24.5 Å². The smallest absolute Gasteiger partial charge is 0.253 e. The molecule has 3 heterocycles. The van der Waals surface area contributed by atoms with Gasteiger partial charge in [0.15, 0.2) is 0 Å². The van der Waals surface area contributed by atoms with Crippen molar-refractivity contribution in [1.82, 2.24) is 4.90 Å². The second kappa shape index (κ2) is 13.9. The lowest BCUT2D eigenvalue weighted by Crippen LogP contribution is -2.60. The summed E-state index contributed by atoms with van der Waals surface area (Å²) in [4.78, 5) is 49.8. The number of carbonyl (C=O) groups is 3. The maximum Gasteiger partial charge on any atom is 0.253 e. The molecule has 3 aliphatic rings. The third kappa shape index (κ3) is 5.75. The van der Waals surface area contributed by atoms with Crippen molar-refractivity contribution in [1.29, 1.82) is 0 Å². The molecule has 2 unspecified atom stereocenters. The van der Waals surface area contributed by atoms with Crippen molar-refractivity contribution < 1.29 is 29.0 Å². The van der Waals surface area contributed by atoms with E-state index in [1.165, 1.54) is 0 Å². The maximum absolute atomic E-state index is 15.1. The van der Waals surface area contributed by atoms with Crippen LogP contribution in [-0.2, 0) is 19.1 Å². The van der Waals surface area contributed by atoms with Crippen molar-refractivity contribution in [3.63, 3.8) is 0 Å². The average Bonchev–Trinajstić information content (AvgIpc) is 3.64. The number of aliphatic hydroxyl groups excluding tert-OH is 1. The van der Waals surface area contributed by atoms with Crippen LogP contribution in [0.4, 0.5) is 11.4 Å². The van der Waals surface area contributed by atoms with E-state index >= 15 is 4.79 Å². The number of anilines is 2. The highest BCUT2D eigenvalue weighted by atomic mass is 16.5. The number of aryl methyl sites for hydroxylation is 2. The molecule has 2 bridgehead atoms. The van der Waals surface area contributed by atoms with E-state index in [0.717, 1.165) is 16.8 Å². The molecule has 3 amide bonds. The van der Waals surface area contributed by atoms with Gasteiger partial charge in [0.25, 0.3) is 5.91 Å². The molecule has 2 aromatic carbocycles. The number of hydrogen-bond acceptors (Lipinski definition) is 6. The molecular formula is C39H51N3O6. The normalized spacial score (nSPS) is 26.9. The molecule has 0 saturated carbocycles. The van der Waals surface area contributed by atoms with Crippen molar-refractivity contribution in [2.75, 3.05) is 36.1 Å². The highest BCUT2D eigenvalue weighted by molar-refractivity contribution is 6.07. The molecule has 7 atom stereocenters. The molecule has 48 heavy (non-hydrogen) atoms. The SMILES string of the molecule is C=CCN(C(=O)[C@@H]1[C@H]2C(=O)N([C@@H](CO)[C@@H](C)CC)C(C(=O)N(CC=C)c3cc(C)ccc3C)C23CC[C@@]1(C)O3)c1ccc(OCC)cc1. The lowest BCUT2D eigenvalue weighted by Gasteiger charge is -2.41. The summed E-state index contributed by atoms with van der Waals surface area (Å²) in [7, 11) is 0. The topological polar surface area (TPSA) is 99.6 Å². The van der Waals surface area contributed by atoms with Crippen LogP contribution in [0.15, 0.2) is 67.8 Å². The largest absolute Gasteiger partial charge is 0.494 e. The molecule has 1 N–H and O–H groups in total. The van der Waals surface area contributed by atoms with Crippen molar-refractivity contribution in [2.24, 2.45) is 17.8 Å². The Morgan fingerprint density at radius 1 is 1.06 bits per heavy atom. The zero-order valence-corrected chi connectivity index (χ0v) is 29.3. The number of benzene rings is 2. The van der Waals surface area contributed by atoms with E-state index in [0.29, 0.717) is 37.3 Å². The van der Waals surface area contributed by atoms with Gasteiger partial charge in [0.05, 0.1) is 36.7 Å². The van der Waals surface area contributed by atoms with Gasteiger partial charge in [-0.05, 0) is 87.9 Å². The zero-order valence-electron chi connectivity index (χ0n) is 29.3. The van der Waals surface area contributed by atoms with Crippen LogP contribution in [0.2, 0.25) is 0 Å². The van der Waals surface area contributed by atoms with Crippen LogP contribution >= 0.6 is 0 Å². The van der Waals surface area contributed by atoms with Crippen LogP contribution in [0.5, 0.6) is 5.75 Å². The summed E-state index contributed by atoms with van der Waals surface area (Å²) in [5.74, 6) is -2.05. The molecule has 3 aliphatic heterocycles. The molecular weight excluding hydrogens is 606 g/mol. The van der Waals surface area contributed by atoms with Gasteiger partial charge < -0.3 is 29.3 Å². The second-order valence-electron chi connectivity index (χ2n) is 13.8. The third-order valence-corrected chi connectivity index (χ3v) is 10.8. The lowest BCUT2D eigenvalue weighted by molar-refractivity contribution is -0.149. The Balaban J connectivity index is 1.64. The Hall–Kier alpha value is -3.95. The lowest BCUT2D eigenvalue weighted by atomic mass is 9.66. The van der Waals surface area contributed by atoms with E-state index in [9.17, 15) is 14.7 Å². The van der Waals surface area contributed by atoms with Gasteiger partial charge in [-0.15, -0.1) is 13.2 Å². The summed E-state index contributed by atoms with van der Waals surface area (Å²) in [6, 6.07) is 11.6. The summed E-state index contributed by atoms with van der Waals surface area (Å²) >= 11 is 0. The number of rotatable bonds is 14. The Morgan fingerprint density at radius 3 is 2.33 bits per heavy atom. The Morgan fingerprint density at radius 2 is 1.73 bits per heavy atom. The van der Waals surface area contributed by atoms with Gasteiger partial charge in [-0.25, -0.2) is 0 Å². The minimum atomic E-state index is -1.25. The molecule has 5 rings (SSSR count). The number of ether oxygens (including phenoxy) is 2. The molecule has 0 aliphatic carbocycles. The van der Waals surface area contributed by atoms with Gasteiger partial charge in [-0.1, -0.05) is 44.6 Å². The van der Waals surface area contributed by atoms with E-state index in [-0.39, 0.29) is 43.3 Å². The number of hydrogen-bond donors (Lipinski definition) is 1. The van der Waals surface area contributed by atoms with Gasteiger partial charge in [0.2, 0.25) is 11.8 Å². The second-order valence-corrected chi connectivity index (χ2v) is 13.8. The van der Waals surface area contributed by atoms with E-state index in [1.807, 2.05) is 84.0 Å². The van der Waals surface area contributed by atoms with Crippen molar-refractivity contribution in [3.8, 4) is 5.75 Å². The van der Waals surface area contributed by atoms with Crippen molar-refractivity contribution >= 4 is 29.1 Å². The fourth-order valence-corrected chi connectivity index (χ4v) is 8.29. The van der Waals surface area contributed by atoms with E-state index in [4.69, 9.17) is 9.47 Å². The first-order valence-corrected chi connectivity index (χ1v) is 17.2. The van der Waals surface area contributed by atoms with E-state index < -0.39 is 35.1 Å². The first-order chi connectivity index (χ1) is 22.9. The molecule has 3 fully saturated rings. The van der Waals surface area contributed by atoms with Crippen LogP contribution in [0, 0.1) is 31.6 Å². The van der Waals surface area contributed by atoms with Crippen molar-refractivity contribution in [2.45, 2.75) is 84.1 Å². The van der Waals surface area contributed by atoms with Crippen LogP contribution < -0.4 is 14.5 Å². The molecule has 1 spiro atoms. The number of likely N-dealkylation sites (tertiary alicyclic amines) is 1. The first kappa shape index (κ1) is 35.4. The van der Waals surface area contributed by atoms with E-state index in [1.54, 1.807) is 26.9 Å². The summed E-state index contributed by atoms with van der Waals surface area (Å²) in [6.45, 7) is 20.2. The standard InChI is InChI=1S/C39H51N3O6/c1-9-21-40(28-15-17-29(18-16-28)47-12-4)35(44)32-33-36(45)42(31(24-43)26(6)11-3)34(39(33)20-19-38(32,8)48-39)37(46)41(22-10-2)30-23-25(5)13-14-27(30)7/h9-10,13-18,23,26,31-34,43H,1-2,11-12,19-22,24H2,3-8H3/t26-,31-,32-,33-,34?,38+,39?/m0/s1. The molecule has 0 aromatic heterocycles. The summed E-state index contributed by atoms with van der Waals surface area (Å²) in [5, 5.41) is 10.8. The average molecular weight is 658 g/mol. The highest BCUT2D eigenvalue weighted by Gasteiger charge is 2.79. The Labute approximate surface area is 285 Å². The molecule has 9 nitrogen and oxygen atoms in total. The maximum atomic E-state index is 15.1. The summed E-state index contributed by atoms with van der Waals surface area (Å²) in [5.41, 5.74) is 1.07. The van der Waals surface area contributed by atoms with Crippen LogP contribution in [0.1, 0.15) is 58.1 Å². The molecule has 9 heteroatoms. The van der Waals surface area contributed by atoms with Crippen LogP contribution in [-0.4, -0.2) is 77.3 Å². The molecule has 3 saturated heterocycles. The first-order valence-electron chi connectivity index (χ1n) is 17.2. The van der Waals surface area contributed by atoms with Crippen molar-refractivity contribution in [3.05, 3.63) is 78.9 Å². The fourth-order valence-electron chi connectivity index (χ4n) is 8.29. The predicted octanol–water partition coefficient (Wildman–Crippen LogP) is 5.61. The molecule has 2 aromatic rings. The summed E-state index contributed by atoms with van der Waals surface area (Å²) in [6.07, 6.45) is 4.98. The summed E-state index contributed by atoms with van der Waals surface area (Å²) < 4.78 is 12.6. The Bertz CT molecular complexity index is 1560. The minimum Gasteiger partial charge on any atom is -0.494 e. The molecule has 258 valence electrons. The quantitative estimate of drug-likeness (QED) is 0.265. The number of aliphatic hydroxyl groups is 1. The van der Waals surface area contributed by atoms with E-state index in [2.05, 4.69) is 13.2 Å². The van der Waals surface area contributed by atoms with Gasteiger partial charge in [-0.3, -0.25) is 14.4 Å². The zero-order chi connectivity index (χ0) is 35.0. The highest BCUT2D eigenvalue weighted by Crippen LogP contribution is 2.64. The van der Waals surface area contributed by atoms with Crippen LogP contribution in [0.25, 0.3) is 0 Å². The minimum absolute atomic E-state index is 0.110. The number of amides is 3. The Kier molecular flexibility index (Phi) is 10.2. The van der Waals surface area contributed by atoms with Gasteiger partial charge >= 0.3 is 0 Å². The monoisotopic (exact) mass is 657 g/mol. The van der Waals surface area contributed by atoms with Gasteiger partial charge in [-0.2, -0.15) is 0 Å². The third-order valence-electron chi connectivity index (χ3n) is 10.8. The predicted molar refractivity (Wildman–Crippen MR) is 188 cm³/mol. The van der Waals surface area contributed by atoms with Crippen LogP contribution in [0.3, 0.4) is 0 Å². The number of fused-ring (bicyclic) bond motifs is 1. The number of carbonyl (C=O) groups excluding carboxylic acids is 3. The number of nitrogens with zero attached hydrogens (tertiary/aromatic N) is 3. The van der Waals surface area contributed by atoms with Gasteiger partial charge in [0.1, 0.15) is 17.4 Å².